The molecule has 0 spiro atoms. The van der Waals surface area contributed by atoms with Gasteiger partial charge in [-0.2, -0.15) is 0 Å². The van der Waals surface area contributed by atoms with E-state index in [-0.39, 0.29) is 36.0 Å². The molecule has 3 amide bonds. The first-order chi connectivity index (χ1) is 49.9. The Morgan fingerprint density at radius 2 is 0.971 bits per heavy atom. The molecule has 3 aromatic carbocycles. The Kier molecular flexibility index (Phi) is 17.8. The summed E-state index contributed by atoms with van der Waals surface area (Å²) >= 11 is 0. The molecule has 15 heterocycles. The highest BCUT2D eigenvalue weighted by Crippen LogP contribution is 2.41. The van der Waals surface area contributed by atoms with E-state index in [1.54, 1.807) is 13.4 Å². The molecule has 0 atom stereocenters. The zero-order valence-electron chi connectivity index (χ0n) is 56.4. The van der Waals surface area contributed by atoms with Gasteiger partial charge in [0.15, 0.2) is 0 Å². The molecule has 7 aliphatic heterocycles. The summed E-state index contributed by atoms with van der Waals surface area (Å²) in [6.07, 6.45) is 18.7. The Labute approximate surface area is 586 Å². The maximum absolute atomic E-state index is 12.8. The van der Waals surface area contributed by atoms with Gasteiger partial charge in [0.25, 0.3) is 17.7 Å². The number of nitrogens with zero attached hydrogens (tertiary/aromatic N) is 13. The number of ether oxygens (including phenoxy) is 2. The number of amides is 3. The van der Waals surface area contributed by atoms with Crippen LogP contribution in [0, 0.1) is 0 Å². The minimum Gasteiger partial charge on any atom is -0.495 e. The Balaban J connectivity index is 0.000000118. The largest absolute Gasteiger partial charge is 0.495 e. The number of carbonyl (C=O) groups is 3. The van der Waals surface area contributed by atoms with Crippen LogP contribution in [0.15, 0.2) is 141 Å². The first-order valence-electron chi connectivity index (χ1n) is 34.6. The van der Waals surface area contributed by atoms with Crippen molar-refractivity contribution in [2.75, 3.05) is 83.6 Å². The summed E-state index contributed by atoms with van der Waals surface area (Å²) in [5.74, 6) is 3.36. The van der Waals surface area contributed by atoms with Gasteiger partial charge < -0.3 is 80.5 Å². The predicted octanol–water partition coefficient (Wildman–Crippen LogP) is 8.75. The van der Waals surface area contributed by atoms with Crippen molar-refractivity contribution >= 4 is 86.0 Å². The molecule has 0 unspecified atom stereocenters. The normalized spacial score (nSPS) is 16.6. The van der Waals surface area contributed by atoms with Gasteiger partial charge in [0, 0.05) is 101 Å². The van der Waals surface area contributed by atoms with Crippen LogP contribution >= 0.6 is 0 Å². The van der Waals surface area contributed by atoms with E-state index in [0.717, 1.165) is 186 Å². The third-order valence-corrected chi connectivity index (χ3v) is 20.2. The number of carbonyl (C=O) groups excluding carboxylic acids is 3. The topological polar surface area (TPSA) is 317 Å². The van der Waals surface area contributed by atoms with Crippen molar-refractivity contribution < 1.29 is 39.2 Å². The van der Waals surface area contributed by atoms with E-state index < -0.39 is 0 Å². The number of anilines is 9. The number of aryl methyl sites for hydroxylation is 1. The first kappa shape index (κ1) is 65.1. The predicted molar refractivity (Wildman–Crippen MR) is 387 cm³/mol. The summed E-state index contributed by atoms with van der Waals surface area (Å²) in [7, 11) is 3.59. The molecule has 0 saturated carbocycles. The monoisotopic (exact) mass is 1370 g/mol. The lowest BCUT2D eigenvalue weighted by atomic mass is 9.97. The van der Waals surface area contributed by atoms with Gasteiger partial charge >= 0.3 is 0 Å². The number of aliphatic hydroxyl groups excluding tert-OH is 3. The SMILES string of the molecule is COc1ccc2ncc(-c3ccc(Nc4ccc(N5CCC(O)CC5)cn4)c4c3CNC4=O)n2c1.Cn1ccc2c(-c3ccc(Nc4ccc(N5CCC(O)CC5)cn4)c4c3CNC4=O)ncnc21.O=C1NCc2c(-c3cnc4n3CCOC4)ccc(Nc3ccc(N4CCC(O)CC4)cn3)c21. The maximum atomic E-state index is 12.8. The Morgan fingerprint density at radius 1 is 0.500 bits per heavy atom. The number of rotatable bonds is 13. The van der Waals surface area contributed by atoms with Crippen LogP contribution in [0.2, 0.25) is 0 Å². The second-order valence-corrected chi connectivity index (χ2v) is 26.4. The second-order valence-electron chi connectivity index (χ2n) is 26.4. The second kappa shape index (κ2) is 27.9. The third-order valence-electron chi connectivity index (χ3n) is 20.2. The van der Waals surface area contributed by atoms with Gasteiger partial charge in [-0.1, -0.05) is 18.2 Å². The lowest BCUT2D eigenvalue weighted by Gasteiger charge is -2.31. The van der Waals surface area contributed by atoms with Crippen LogP contribution in [0.1, 0.15) is 92.1 Å². The van der Waals surface area contributed by atoms with Gasteiger partial charge in [-0.05, 0) is 128 Å². The smallest absolute Gasteiger partial charge is 0.254 e. The van der Waals surface area contributed by atoms with E-state index >= 15 is 0 Å². The van der Waals surface area contributed by atoms with Crippen molar-refractivity contribution in [2.24, 2.45) is 7.05 Å². The number of imidazole rings is 2. The number of nitrogens with one attached hydrogen (secondary N) is 6. The van der Waals surface area contributed by atoms with Crippen molar-refractivity contribution in [3.05, 3.63) is 180 Å². The summed E-state index contributed by atoms with van der Waals surface area (Å²) < 4.78 is 17.0. The summed E-state index contributed by atoms with van der Waals surface area (Å²) in [6.45, 7) is 8.26. The molecule has 27 nitrogen and oxygen atoms in total. The lowest BCUT2D eigenvalue weighted by Crippen LogP contribution is -2.35. The molecule has 7 aliphatic rings. The zero-order chi connectivity index (χ0) is 69.5. The maximum Gasteiger partial charge on any atom is 0.254 e. The van der Waals surface area contributed by atoms with Crippen molar-refractivity contribution in [3.8, 4) is 39.5 Å². The van der Waals surface area contributed by atoms with E-state index in [9.17, 15) is 29.7 Å². The molecule has 0 bridgehead atoms. The van der Waals surface area contributed by atoms with E-state index in [1.807, 2.05) is 144 Å². The number of pyridine rings is 4. The van der Waals surface area contributed by atoms with Gasteiger partial charge in [0.05, 0.1) is 137 Å². The molecule has 8 aromatic heterocycles. The molecule has 11 aromatic rings. The van der Waals surface area contributed by atoms with Gasteiger partial charge in [0.1, 0.15) is 53.3 Å². The van der Waals surface area contributed by atoms with Gasteiger partial charge in [-0.15, -0.1) is 0 Å². The molecule has 102 heavy (non-hydrogen) atoms. The number of hydrogen-bond acceptors (Lipinski definition) is 21. The highest BCUT2D eigenvalue weighted by atomic mass is 16.5. The van der Waals surface area contributed by atoms with Crippen LogP contribution in [0.3, 0.4) is 0 Å². The van der Waals surface area contributed by atoms with E-state index in [2.05, 4.69) is 92.1 Å². The quantitative estimate of drug-likeness (QED) is 0.0521. The average Bonchev–Trinajstić information content (AvgIpc) is 1.59. The number of aromatic nitrogens is 10. The number of aliphatic hydroxyl groups is 3. The molecular formula is C75H77N19O8. The van der Waals surface area contributed by atoms with Gasteiger partial charge in [-0.3, -0.25) is 18.8 Å². The molecule has 18 rings (SSSR count). The Bertz CT molecular complexity index is 4980. The number of fused-ring (bicyclic) bond motifs is 6. The van der Waals surface area contributed by atoms with E-state index in [0.29, 0.717) is 78.4 Å². The lowest BCUT2D eigenvalue weighted by molar-refractivity contribution is 0.0821. The highest BCUT2D eigenvalue weighted by Gasteiger charge is 2.32. The van der Waals surface area contributed by atoms with Crippen molar-refractivity contribution in [1.82, 2.24) is 64.4 Å². The third kappa shape index (κ3) is 12.9. The Hall–Kier alpha value is -11.5. The first-order valence-corrected chi connectivity index (χ1v) is 34.6. The number of methoxy groups -OCH3 is 1. The molecule has 0 aliphatic carbocycles. The molecule has 9 N–H and O–H groups in total. The molecule has 0 radical (unpaired) electrons. The van der Waals surface area contributed by atoms with Crippen LogP contribution in [0.4, 0.5) is 51.6 Å². The fourth-order valence-electron chi connectivity index (χ4n) is 14.7. The van der Waals surface area contributed by atoms with E-state index in [4.69, 9.17) is 9.47 Å². The fourth-order valence-corrected chi connectivity index (χ4v) is 14.7. The summed E-state index contributed by atoms with van der Waals surface area (Å²) in [5, 5.41) is 49.0. The van der Waals surface area contributed by atoms with Crippen LogP contribution in [0.25, 0.3) is 50.5 Å². The fraction of sp³-hybridized carbons (Fsp3) is 0.307. The minimum atomic E-state index is -0.209. The Morgan fingerprint density at radius 3 is 1.45 bits per heavy atom. The standard InChI is InChI=1S/C26H26N6O3.C25H25N7O2.C24H26N6O3/c1-35-18-3-7-24-28-14-22(32(24)15-18)19-4-5-21(25-20(19)13-29-26(25)34)30-23-6-2-16(12-27-23)31-10-8-17(33)9-11-31;1-31-9-8-18-23(28-14-29-24(18)31)17-3-4-20(22-19(17)13-27-25(22)34)30-21-5-2-15(12-26-21)32-10-6-16(33)7-11-32;31-16-5-7-29(8-6-16)15-1-4-21(25-11-15)28-19-3-2-17(18-12-27-24(32)23(18)19)20-13-26-22-14-33-10-9-30(20)22/h2-7,12,14-15,17,33H,8-11,13H2,1H3,(H,27,30)(H,29,34);2-5,8-9,12,14,16,33H,6-7,10-11,13H2,1H3,(H,26,30)(H,27,34);1-4,11,13,16,31H,5-10,12,14H2,(H,25,28)(H,27,32). The van der Waals surface area contributed by atoms with Crippen LogP contribution in [-0.4, -0.2) is 153 Å². The summed E-state index contributed by atoms with van der Waals surface area (Å²) in [5.41, 5.74) is 17.3. The average molecular weight is 1370 g/mol. The van der Waals surface area contributed by atoms with Gasteiger partial charge in [0.2, 0.25) is 0 Å². The molecule has 3 fully saturated rings. The highest BCUT2D eigenvalue weighted by molar-refractivity contribution is 6.08. The number of benzene rings is 3. The van der Waals surface area contributed by atoms with Crippen molar-refractivity contribution in [2.45, 2.75) is 89.6 Å². The zero-order valence-corrected chi connectivity index (χ0v) is 56.4. The summed E-state index contributed by atoms with van der Waals surface area (Å²) in [6, 6.07) is 29.5. The molecule has 3 saturated heterocycles. The number of piperidine rings is 3. The number of hydrogen-bond donors (Lipinski definition) is 9. The van der Waals surface area contributed by atoms with Crippen LogP contribution < -0.4 is 51.3 Å². The summed E-state index contributed by atoms with van der Waals surface area (Å²) in [4.78, 5) is 76.7. The van der Waals surface area contributed by atoms with Crippen molar-refractivity contribution in [3.63, 3.8) is 0 Å². The molecule has 27 heteroatoms. The molecule has 520 valence electrons. The van der Waals surface area contributed by atoms with Gasteiger partial charge in [-0.25, -0.2) is 34.9 Å². The minimum absolute atomic E-state index is 0.0837. The van der Waals surface area contributed by atoms with Crippen LogP contribution in [-0.2, 0) is 44.6 Å². The molecular weight excluding hydrogens is 1290 g/mol. The van der Waals surface area contributed by atoms with Crippen molar-refractivity contribution in [1.29, 1.82) is 0 Å². The van der Waals surface area contributed by atoms with Crippen LogP contribution in [0.5, 0.6) is 5.75 Å². The van der Waals surface area contributed by atoms with E-state index in [1.165, 1.54) is 0 Å².